The number of alkyl halides is 3. The van der Waals surface area contributed by atoms with E-state index in [-0.39, 0.29) is 6.54 Å². The summed E-state index contributed by atoms with van der Waals surface area (Å²) in [5, 5.41) is 13.7. The Bertz CT molecular complexity index is 919. The van der Waals surface area contributed by atoms with Gasteiger partial charge in [-0.2, -0.15) is 17.9 Å². The van der Waals surface area contributed by atoms with Crippen LogP contribution >= 0.6 is 0 Å². The Morgan fingerprint density at radius 3 is 2.50 bits per heavy atom. The molecule has 9 heteroatoms. The molecule has 0 atom stereocenters. The molecule has 26 heavy (non-hydrogen) atoms. The van der Waals surface area contributed by atoms with Crippen LogP contribution in [0, 0.1) is 6.92 Å². The highest BCUT2D eigenvalue weighted by Crippen LogP contribution is 2.31. The van der Waals surface area contributed by atoms with Crippen molar-refractivity contribution in [2.45, 2.75) is 19.6 Å². The number of carbonyl (C=O) groups is 1. The highest BCUT2D eigenvalue weighted by molar-refractivity contribution is 5.95. The van der Waals surface area contributed by atoms with Gasteiger partial charge in [0.2, 0.25) is 0 Å². The third-order valence-corrected chi connectivity index (χ3v) is 3.70. The van der Waals surface area contributed by atoms with Crippen molar-refractivity contribution >= 4 is 5.91 Å². The highest BCUT2D eigenvalue weighted by atomic mass is 19.4. The quantitative estimate of drug-likeness (QED) is 0.776. The maximum atomic E-state index is 13.0. The number of amides is 1. The SMILES string of the molecule is Cc1ccc(-n2nnnc2CNC(=O)c2ccccc2C(F)(F)F)cc1. The molecule has 0 fully saturated rings. The van der Waals surface area contributed by atoms with E-state index in [1.165, 1.54) is 16.8 Å². The minimum atomic E-state index is -4.61. The molecule has 0 aliphatic carbocycles. The van der Waals surface area contributed by atoms with E-state index in [1.54, 1.807) is 12.1 Å². The maximum absolute atomic E-state index is 13.0. The topological polar surface area (TPSA) is 72.7 Å². The zero-order valence-electron chi connectivity index (χ0n) is 13.7. The predicted octanol–water partition coefficient (Wildman–Crippen LogP) is 2.92. The van der Waals surface area contributed by atoms with Crippen molar-refractivity contribution in [1.82, 2.24) is 25.5 Å². The van der Waals surface area contributed by atoms with E-state index in [2.05, 4.69) is 20.8 Å². The van der Waals surface area contributed by atoms with Gasteiger partial charge in [0.05, 0.1) is 23.4 Å². The average Bonchev–Trinajstić information content (AvgIpc) is 3.08. The summed E-state index contributed by atoms with van der Waals surface area (Å²) in [5.41, 5.74) is 0.297. The lowest BCUT2D eigenvalue weighted by Crippen LogP contribution is -2.27. The second kappa shape index (κ2) is 6.95. The second-order valence-electron chi connectivity index (χ2n) is 5.57. The Kier molecular flexibility index (Phi) is 4.70. The Labute approximate surface area is 146 Å². The molecule has 0 saturated carbocycles. The van der Waals surface area contributed by atoms with Gasteiger partial charge in [-0.15, -0.1) is 5.10 Å². The van der Waals surface area contributed by atoms with Crippen molar-refractivity contribution in [1.29, 1.82) is 0 Å². The number of aryl methyl sites for hydroxylation is 1. The normalized spacial score (nSPS) is 11.4. The summed E-state index contributed by atoms with van der Waals surface area (Å²) in [7, 11) is 0. The smallest absolute Gasteiger partial charge is 0.345 e. The molecule has 1 aromatic heterocycles. The van der Waals surface area contributed by atoms with Gasteiger partial charge in [0.25, 0.3) is 5.91 Å². The molecule has 0 spiro atoms. The lowest BCUT2D eigenvalue weighted by Gasteiger charge is -2.12. The van der Waals surface area contributed by atoms with Crippen LogP contribution in [0.25, 0.3) is 5.69 Å². The second-order valence-corrected chi connectivity index (χ2v) is 5.57. The fourth-order valence-corrected chi connectivity index (χ4v) is 2.39. The van der Waals surface area contributed by atoms with Crippen molar-refractivity contribution in [3.63, 3.8) is 0 Å². The summed E-state index contributed by atoms with van der Waals surface area (Å²) < 4.78 is 40.5. The van der Waals surface area contributed by atoms with Gasteiger partial charge in [-0.3, -0.25) is 4.79 Å². The molecule has 0 saturated heterocycles. The fourth-order valence-electron chi connectivity index (χ4n) is 2.39. The van der Waals surface area contributed by atoms with Gasteiger partial charge in [-0.1, -0.05) is 29.8 Å². The number of tetrazole rings is 1. The minimum absolute atomic E-state index is 0.119. The third-order valence-electron chi connectivity index (χ3n) is 3.70. The van der Waals surface area contributed by atoms with Crippen LogP contribution in [-0.2, 0) is 12.7 Å². The fraction of sp³-hybridized carbons (Fsp3) is 0.176. The largest absolute Gasteiger partial charge is 0.417 e. The number of rotatable bonds is 4. The Morgan fingerprint density at radius 1 is 1.12 bits per heavy atom. The van der Waals surface area contributed by atoms with Gasteiger partial charge in [-0.25, -0.2) is 0 Å². The molecule has 134 valence electrons. The van der Waals surface area contributed by atoms with E-state index in [0.29, 0.717) is 11.5 Å². The predicted molar refractivity (Wildman–Crippen MR) is 86.5 cm³/mol. The van der Waals surface area contributed by atoms with E-state index in [1.807, 2.05) is 19.1 Å². The number of halogens is 3. The molecule has 0 aliphatic heterocycles. The van der Waals surface area contributed by atoms with Gasteiger partial charge in [0.1, 0.15) is 0 Å². The molecule has 0 aliphatic rings. The van der Waals surface area contributed by atoms with E-state index in [0.717, 1.165) is 17.7 Å². The molecular weight excluding hydrogens is 347 g/mol. The van der Waals surface area contributed by atoms with E-state index >= 15 is 0 Å². The number of aromatic nitrogens is 4. The summed E-state index contributed by atoms with van der Waals surface area (Å²) in [5.74, 6) is -0.553. The van der Waals surface area contributed by atoms with Crippen LogP contribution in [0.5, 0.6) is 0 Å². The molecule has 1 N–H and O–H groups in total. The first kappa shape index (κ1) is 17.6. The summed E-state index contributed by atoms with van der Waals surface area (Å²) in [6.45, 7) is 1.81. The molecule has 1 amide bonds. The molecule has 2 aromatic carbocycles. The van der Waals surface area contributed by atoms with E-state index < -0.39 is 23.2 Å². The summed E-state index contributed by atoms with van der Waals surface area (Å²) in [6, 6.07) is 12.0. The lowest BCUT2D eigenvalue weighted by atomic mass is 10.1. The summed E-state index contributed by atoms with van der Waals surface area (Å²) >= 11 is 0. The molecule has 0 bridgehead atoms. The first-order chi connectivity index (χ1) is 12.4. The average molecular weight is 361 g/mol. The summed E-state index contributed by atoms with van der Waals surface area (Å²) in [4.78, 5) is 12.2. The molecule has 1 heterocycles. The molecular formula is C17H14F3N5O. The van der Waals surface area contributed by atoms with Crippen molar-refractivity contribution in [3.8, 4) is 5.69 Å². The van der Waals surface area contributed by atoms with Crippen LogP contribution in [0.1, 0.15) is 27.3 Å². The van der Waals surface area contributed by atoms with Gasteiger partial charge in [0, 0.05) is 0 Å². The molecule has 0 radical (unpaired) electrons. The van der Waals surface area contributed by atoms with Crippen molar-refractivity contribution < 1.29 is 18.0 Å². The molecule has 3 rings (SSSR count). The van der Waals surface area contributed by atoms with Crippen molar-refractivity contribution in [2.75, 3.05) is 0 Å². The Morgan fingerprint density at radius 2 is 1.81 bits per heavy atom. The zero-order valence-corrected chi connectivity index (χ0v) is 13.7. The highest BCUT2D eigenvalue weighted by Gasteiger charge is 2.34. The van der Waals surface area contributed by atoms with Crippen LogP contribution in [0.3, 0.4) is 0 Å². The lowest BCUT2D eigenvalue weighted by molar-refractivity contribution is -0.137. The number of hydrogen-bond acceptors (Lipinski definition) is 4. The third kappa shape index (κ3) is 3.71. The van der Waals surface area contributed by atoms with E-state index in [9.17, 15) is 18.0 Å². The van der Waals surface area contributed by atoms with Crippen LogP contribution < -0.4 is 5.32 Å². The molecule has 0 unspecified atom stereocenters. The Hall–Kier alpha value is -3.23. The van der Waals surface area contributed by atoms with Crippen molar-refractivity contribution in [2.24, 2.45) is 0 Å². The van der Waals surface area contributed by atoms with E-state index in [4.69, 9.17) is 0 Å². The summed E-state index contributed by atoms with van der Waals surface area (Å²) in [6.07, 6.45) is -4.61. The minimum Gasteiger partial charge on any atom is -0.345 e. The van der Waals surface area contributed by atoms with Crippen LogP contribution in [0.2, 0.25) is 0 Å². The molecule has 6 nitrogen and oxygen atoms in total. The van der Waals surface area contributed by atoms with Crippen LogP contribution in [0.4, 0.5) is 13.2 Å². The van der Waals surface area contributed by atoms with Crippen molar-refractivity contribution in [3.05, 3.63) is 71.0 Å². The maximum Gasteiger partial charge on any atom is 0.417 e. The van der Waals surface area contributed by atoms with Gasteiger partial charge < -0.3 is 5.32 Å². The number of benzene rings is 2. The van der Waals surface area contributed by atoms with Crippen LogP contribution in [0.15, 0.2) is 48.5 Å². The van der Waals surface area contributed by atoms with Crippen LogP contribution in [-0.4, -0.2) is 26.1 Å². The monoisotopic (exact) mass is 361 g/mol. The number of carbonyl (C=O) groups excluding carboxylic acids is 1. The number of nitrogens with zero attached hydrogens (tertiary/aromatic N) is 4. The van der Waals surface area contributed by atoms with Gasteiger partial charge >= 0.3 is 6.18 Å². The van der Waals surface area contributed by atoms with Gasteiger partial charge in [0.15, 0.2) is 5.82 Å². The standard InChI is InChI=1S/C17H14F3N5O/c1-11-6-8-12(9-7-11)25-15(22-23-24-25)10-21-16(26)13-4-2-3-5-14(13)17(18,19)20/h2-9H,10H2,1H3,(H,21,26). The number of hydrogen-bond donors (Lipinski definition) is 1. The number of nitrogens with one attached hydrogen (secondary N) is 1. The molecule has 3 aromatic rings. The first-order valence-electron chi connectivity index (χ1n) is 7.65. The Balaban J connectivity index is 1.78. The zero-order chi connectivity index (χ0) is 18.7. The van der Waals surface area contributed by atoms with Gasteiger partial charge in [-0.05, 0) is 41.6 Å². The first-order valence-corrected chi connectivity index (χ1v) is 7.65.